The molecule has 8 heteroatoms. The number of anilines is 2. The first kappa shape index (κ1) is 16.1. The van der Waals surface area contributed by atoms with Crippen molar-refractivity contribution in [2.24, 2.45) is 0 Å². The predicted molar refractivity (Wildman–Crippen MR) is 95.7 cm³/mol. The molecule has 3 heterocycles. The highest BCUT2D eigenvalue weighted by Gasteiger charge is 2.27. The molecule has 2 aromatic rings. The molecule has 0 radical (unpaired) electrons. The lowest BCUT2D eigenvalue weighted by Crippen LogP contribution is -2.43. The zero-order valence-electron chi connectivity index (χ0n) is 13.8. The smallest absolute Gasteiger partial charge is 0.244 e. The Bertz CT molecular complexity index is 819. The lowest BCUT2D eigenvalue weighted by molar-refractivity contribution is -0.120. The van der Waals surface area contributed by atoms with Crippen LogP contribution in [0.4, 0.5) is 11.4 Å². The first-order valence-electron chi connectivity index (χ1n) is 8.46. The molecule has 130 valence electrons. The van der Waals surface area contributed by atoms with Gasteiger partial charge in [0, 0.05) is 13.0 Å². The molecule has 0 unspecified atom stereocenters. The normalized spacial score (nSPS) is 16.6. The Hall–Kier alpha value is -2.35. The van der Waals surface area contributed by atoms with Crippen LogP contribution in [0.5, 0.6) is 0 Å². The van der Waals surface area contributed by atoms with Gasteiger partial charge >= 0.3 is 0 Å². The summed E-state index contributed by atoms with van der Waals surface area (Å²) in [7, 11) is 0. The number of nitrogens with one attached hydrogen (secondary N) is 1. The Kier molecular flexibility index (Phi) is 4.44. The Morgan fingerprint density at radius 2 is 2.08 bits per heavy atom. The van der Waals surface area contributed by atoms with E-state index in [4.69, 9.17) is 0 Å². The molecule has 4 rings (SSSR count). The van der Waals surface area contributed by atoms with Gasteiger partial charge in [-0.25, -0.2) is 0 Å². The molecule has 0 saturated carbocycles. The van der Waals surface area contributed by atoms with Gasteiger partial charge in [0.15, 0.2) is 5.16 Å². The molecule has 1 aromatic carbocycles. The van der Waals surface area contributed by atoms with Crippen LogP contribution >= 0.6 is 11.8 Å². The lowest BCUT2D eigenvalue weighted by Gasteiger charge is -2.29. The minimum atomic E-state index is -0.173. The number of aryl methyl sites for hydroxylation is 1. The van der Waals surface area contributed by atoms with Crippen LogP contribution in [0.2, 0.25) is 0 Å². The minimum absolute atomic E-state index is 0.0499. The molecule has 1 N–H and O–H groups in total. The van der Waals surface area contributed by atoms with Gasteiger partial charge in [0.05, 0.1) is 17.1 Å². The molecule has 2 aliphatic rings. The van der Waals surface area contributed by atoms with Crippen LogP contribution in [0.3, 0.4) is 0 Å². The van der Waals surface area contributed by atoms with Crippen molar-refractivity contribution in [3.05, 3.63) is 30.1 Å². The van der Waals surface area contributed by atoms with Crippen LogP contribution in [-0.2, 0) is 22.6 Å². The maximum absolute atomic E-state index is 12.7. The first-order chi connectivity index (χ1) is 12.2. The maximum Gasteiger partial charge on any atom is 0.244 e. The molecule has 1 aromatic heterocycles. The molecular formula is C17H19N5O2S. The van der Waals surface area contributed by atoms with Crippen LogP contribution in [0, 0.1) is 0 Å². The number of benzene rings is 1. The second-order valence-corrected chi connectivity index (χ2v) is 7.14. The van der Waals surface area contributed by atoms with E-state index in [0.717, 1.165) is 42.5 Å². The highest BCUT2D eigenvalue weighted by molar-refractivity contribution is 7.99. The fourth-order valence-corrected chi connectivity index (χ4v) is 4.08. The van der Waals surface area contributed by atoms with Crippen LogP contribution in [0.1, 0.15) is 25.1 Å². The third kappa shape index (κ3) is 3.26. The van der Waals surface area contributed by atoms with E-state index >= 15 is 0 Å². The lowest BCUT2D eigenvalue weighted by atomic mass is 10.2. The van der Waals surface area contributed by atoms with E-state index in [1.54, 1.807) is 11.0 Å². The number of hydrogen-bond acceptors (Lipinski definition) is 5. The van der Waals surface area contributed by atoms with Crippen LogP contribution in [-0.4, -0.2) is 38.9 Å². The van der Waals surface area contributed by atoms with E-state index in [9.17, 15) is 9.59 Å². The second-order valence-electron chi connectivity index (χ2n) is 6.19. The molecule has 0 bridgehead atoms. The van der Waals surface area contributed by atoms with E-state index in [0.29, 0.717) is 5.69 Å². The average Bonchev–Trinajstić information content (AvgIpc) is 2.85. The quantitative estimate of drug-likeness (QED) is 0.851. The molecule has 2 amide bonds. The van der Waals surface area contributed by atoms with Crippen molar-refractivity contribution >= 4 is 35.0 Å². The Balaban J connectivity index is 1.48. The summed E-state index contributed by atoms with van der Waals surface area (Å²) in [5.74, 6) is 0.974. The topological polar surface area (TPSA) is 80.1 Å². The number of fused-ring (bicyclic) bond motifs is 2. The zero-order chi connectivity index (χ0) is 17.2. The summed E-state index contributed by atoms with van der Waals surface area (Å²) < 4.78 is 2.13. The van der Waals surface area contributed by atoms with Gasteiger partial charge in [0.1, 0.15) is 12.4 Å². The first-order valence-corrected chi connectivity index (χ1v) is 9.45. The highest BCUT2D eigenvalue weighted by Crippen LogP contribution is 2.30. The number of thioether (sulfide) groups is 1. The number of amides is 2. The van der Waals surface area contributed by atoms with Crippen molar-refractivity contribution in [3.63, 3.8) is 0 Å². The van der Waals surface area contributed by atoms with E-state index in [1.165, 1.54) is 18.2 Å². The number of hydrogen-bond donors (Lipinski definition) is 1. The molecule has 0 atom stereocenters. The van der Waals surface area contributed by atoms with Crippen molar-refractivity contribution in [1.82, 2.24) is 14.8 Å². The monoisotopic (exact) mass is 357 g/mol. The van der Waals surface area contributed by atoms with Crippen LogP contribution in [0.15, 0.2) is 29.4 Å². The van der Waals surface area contributed by atoms with Crippen LogP contribution in [0.25, 0.3) is 0 Å². The number of para-hydroxylation sites is 2. The summed E-state index contributed by atoms with van der Waals surface area (Å²) in [6.07, 6.45) is 4.40. The number of aromatic nitrogens is 3. The molecular weight excluding hydrogens is 338 g/mol. The van der Waals surface area contributed by atoms with Gasteiger partial charge in [0.25, 0.3) is 0 Å². The van der Waals surface area contributed by atoms with Gasteiger partial charge in [-0.2, -0.15) is 0 Å². The summed E-state index contributed by atoms with van der Waals surface area (Å²) in [6.45, 7) is 0.960. The standard InChI is InChI=1S/C17H19N5O2S/c23-15-10-22(13-7-4-3-6-12(13)18-15)16(24)11-25-17-20-19-14-8-2-1-5-9-21(14)17/h3-4,6-7H,1-2,5,8-11H2,(H,18,23). The average molecular weight is 357 g/mol. The number of nitrogens with zero attached hydrogens (tertiary/aromatic N) is 4. The summed E-state index contributed by atoms with van der Waals surface area (Å²) in [4.78, 5) is 26.1. The van der Waals surface area contributed by atoms with Gasteiger partial charge in [-0.3, -0.25) is 9.59 Å². The fourth-order valence-electron chi connectivity index (χ4n) is 3.23. The largest absolute Gasteiger partial charge is 0.323 e. The second kappa shape index (κ2) is 6.87. The van der Waals surface area contributed by atoms with Crippen LogP contribution < -0.4 is 10.2 Å². The molecule has 0 aliphatic carbocycles. The van der Waals surface area contributed by atoms with Gasteiger partial charge in [0.2, 0.25) is 11.8 Å². The maximum atomic E-state index is 12.7. The van der Waals surface area contributed by atoms with E-state index in [2.05, 4.69) is 20.1 Å². The number of carbonyl (C=O) groups excluding carboxylic acids is 2. The summed E-state index contributed by atoms with van der Waals surface area (Å²) in [5, 5.41) is 12.1. The number of carbonyl (C=O) groups is 2. The van der Waals surface area contributed by atoms with E-state index < -0.39 is 0 Å². The molecule has 0 saturated heterocycles. The Morgan fingerprint density at radius 1 is 1.20 bits per heavy atom. The van der Waals surface area contributed by atoms with E-state index in [1.807, 2.05) is 18.2 Å². The fraction of sp³-hybridized carbons (Fsp3) is 0.412. The molecule has 7 nitrogen and oxygen atoms in total. The number of rotatable bonds is 3. The Labute approximate surface area is 149 Å². The molecule has 2 aliphatic heterocycles. The van der Waals surface area contributed by atoms with Gasteiger partial charge in [-0.15, -0.1) is 10.2 Å². The summed E-state index contributed by atoms with van der Waals surface area (Å²) in [6, 6.07) is 7.36. The van der Waals surface area contributed by atoms with Gasteiger partial charge in [-0.05, 0) is 25.0 Å². The third-order valence-corrected chi connectivity index (χ3v) is 5.42. The highest BCUT2D eigenvalue weighted by atomic mass is 32.2. The predicted octanol–water partition coefficient (Wildman–Crippen LogP) is 2.08. The van der Waals surface area contributed by atoms with Crippen molar-refractivity contribution in [2.75, 3.05) is 22.5 Å². The minimum Gasteiger partial charge on any atom is -0.323 e. The van der Waals surface area contributed by atoms with E-state index in [-0.39, 0.29) is 24.1 Å². The molecule has 0 spiro atoms. The molecule has 25 heavy (non-hydrogen) atoms. The van der Waals surface area contributed by atoms with Crippen molar-refractivity contribution < 1.29 is 9.59 Å². The summed E-state index contributed by atoms with van der Waals surface area (Å²) in [5.41, 5.74) is 1.42. The van der Waals surface area contributed by atoms with Crippen molar-refractivity contribution in [1.29, 1.82) is 0 Å². The Morgan fingerprint density at radius 3 is 3.00 bits per heavy atom. The summed E-state index contributed by atoms with van der Waals surface area (Å²) >= 11 is 1.40. The van der Waals surface area contributed by atoms with Crippen molar-refractivity contribution in [3.8, 4) is 0 Å². The SMILES string of the molecule is O=C1CN(C(=O)CSc2nnc3n2CCCCC3)c2ccccc2N1. The molecule has 0 fully saturated rings. The van der Waals surface area contributed by atoms with Gasteiger partial charge < -0.3 is 14.8 Å². The third-order valence-electron chi connectivity index (χ3n) is 4.47. The van der Waals surface area contributed by atoms with Crippen molar-refractivity contribution in [2.45, 2.75) is 37.4 Å². The van der Waals surface area contributed by atoms with Gasteiger partial charge in [-0.1, -0.05) is 30.3 Å². The zero-order valence-corrected chi connectivity index (χ0v) is 14.6.